The second kappa shape index (κ2) is 7.16. The monoisotopic (exact) mass is 314 g/mol. The van der Waals surface area contributed by atoms with Crippen LogP contribution in [0.2, 0.25) is 0 Å². The number of benzene rings is 1. The van der Waals surface area contributed by atoms with Crippen molar-refractivity contribution in [3.8, 4) is 0 Å². The van der Waals surface area contributed by atoms with Crippen LogP contribution in [0.1, 0.15) is 44.1 Å². The molecule has 124 valence electrons. The molecule has 0 spiro atoms. The highest BCUT2D eigenvalue weighted by molar-refractivity contribution is 5.95. The highest BCUT2D eigenvalue weighted by atomic mass is 16.2. The Labute approximate surface area is 138 Å². The van der Waals surface area contributed by atoms with Gasteiger partial charge in [0.1, 0.15) is 0 Å². The highest BCUT2D eigenvalue weighted by Gasteiger charge is 2.30. The molecule has 0 aromatic heterocycles. The van der Waals surface area contributed by atoms with Crippen LogP contribution in [0.5, 0.6) is 0 Å². The fraction of sp³-hybridized carbons (Fsp3) is 0.579. The molecule has 1 saturated heterocycles. The molecule has 2 amide bonds. The molecule has 0 bridgehead atoms. The molecule has 3 rings (SSSR count). The minimum absolute atomic E-state index is 0.151. The van der Waals surface area contributed by atoms with Gasteiger partial charge in [-0.15, -0.1) is 0 Å². The van der Waals surface area contributed by atoms with Crippen LogP contribution in [-0.2, 0) is 9.59 Å². The third-order valence-electron chi connectivity index (χ3n) is 5.09. The molecule has 1 aliphatic carbocycles. The maximum Gasteiger partial charge on any atom is 0.227 e. The van der Waals surface area contributed by atoms with Crippen LogP contribution >= 0.6 is 0 Å². The fourth-order valence-electron chi connectivity index (χ4n) is 3.70. The van der Waals surface area contributed by atoms with Gasteiger partial charge >= 0.3 is 0 Å². The smallest absolute Gasteiger partial charge is 0.227 e. The Bertz CT molecular complexity index is 561. The van der Waals surface area contributed by atoms with Crippen LogP contribution < -0.4 is 10.2 Å². The van der Waals surface area contributed by atoms with Crippen molar-refractivity contribution in [2.45, 2.75) is 45.4 Å². The second-order valence-electron chi connectivity index (χ2n) is 7.07. The molecule has 0 unspecified atom stereocenters. The van der Waals surface area contributed by atoms with E-state index in [0.29, 0.717) is 31.8 Å². The van der Waals surface area contributed by atoms with E-state index in [1.165, 1.54) is 31.2 Å². The number of nitrogens with zero attached hydrogens (tertiary/aromatic N) is 1. The lowest BCUT2D eigenvalue weighted by atomic mass is 10.0. The zero-order valence-electron chi connectivity index (χ0n) is 13.9. The predicted molar refractivity (Wildman–Crippen MR) is 91.2 cm³/mol. The molecule has 4 nitrogen and oxygen atoms in total. The van der Waals surface area contributed by atoms with Gasteiger partial charge in [-0.25, -0.2) is 0 Å². The molecule has 0 radical (unpaired) electrons. The van der Waals surface area contributed by atoms with Crippen molar-refractivity contribution < 1.29 is 9.59 Å². The van der Waals surface area contributed by atoms with Crippen molar-refractivity contribution in [3.63, 3.8) is 0 Å². The SMILES string of the molecule is Cc1ccc(N2C[C@H](CNC(=O)CC3CCCC3)CC2=O)cc1. The van der Waals surface area contributed by atoms with E-state index in [0.717, 1.165) is 5.69 Å². The summed E-state index contributed by atoms with van der Waals surface area (Å²) in [5.74, 6) is 1.10. The van der Waals surface area contributed by atoms with Crippen molar-refractivity contribution >= 4 is 17.5 Å². The summed E-state index contributed by atoms with van der Waals surface area (Å²) < 4.78 is 0. The topological polar surface area (TPSA) is 49.4 Å². The summed E-state index contributed by atoms with van der Waals surface area (Å²) in [7, 11) is 0. The molecule has 1 aromatic carbocycles. The average molecular weight is 314 g/mol. The molecule has 1 saturated carbocycles. The molecular formula is C19H26N2O2. The maximum absolute atomic E-state index is 12.2. The Balaban J connectivity index is 1.47. The number of amides is 2. The number of carbonyl (C=O) groups excluding carboxylic acids is 2. The van der Waals surface area contributed by atoms with Crippen LogP contribution in [-0.4, -0.2) is 24.9 Å². The first-order valence-electron chi connectivity index (χ1n) is 8.75. The van der Waals surface area contributed by atoms with Gasteiger partial charge in [0.25, 0.3) is 0 Å². The summed E-state index contributed by atoms with van der Waals surface area (Å²) >= 11 is 0. The first kappa shape index (κ1) is 16.0. The van der Waals surface area contributed by atoms with Crippen LogP contribution in [0.4, 0.5) is 5.69 Å². The summed E-state index contributed by atoms with van der Waals surface area (Å²) in [4.78, 5) is 26.1. The van der Waals surface area contributed by atoms with E-state index < -0.39 is 0 Å². The van der Waals surface area contributed by atoms with Crippen molar-refractivity contribution in [2.75, 3.05) is 18.0 Å². The number of aryl methyl sites for hydroxylation is 1. The zero-order chi connectivity index (χ0) is 16.2. The van der Waals surface area contributed by atoms with Gasteiger partial charge in [0.15, 0.2) is 0 Å². The standard InChI is InChI=1S/C19H26N2O2/c1-14-6-8-17(9-7-14)21-13-16(11-19(21)23)12-20-18(22)10-15-4-2-3-5-15/h6-9,15-16H,2-5,10-13H2,1H3,(H,20,22)/t16-/m0/s1. The molecule has 4 heteroatoms. The first-order chi connectivity index (χ1) is 11.1. The zero-order valence-corrected chi connectivity index (χ0v) is 13.9. The third kappa shape index (κ3) is 4.12. The molecule has 1 heterocycles. The van der Waals surface area contributed by atoms with E-state index in [4.69, 9.17) is 0 Å². The van der Waals surface area contributed by atoms with Gasteiger partial charge in [0, 0.05) is 37.5 Å². The summed E-state index contributed by atoms with van der Waals surface area (Å²) in [5, 5.41) is 3.04. The molecule has 1 N–H and O–H groups in total. The van der Waals surface area contributed by atoms with Crippen molar-refractivity contribution in [1.29, 1.82) is 0 Å². The van der Waals surface area contributed by atoms with Gasteiger partial charge in [-0.05, 0) is 37.8 Å². The summed E-state index contributed by atoms with van der Waals surface area (Å²) in [6.45, 7) is 3.35. The van der Waals surface area contributed by atoms with Gasteiger partial charge in [-0.1, -0.05) is 30.5 Å². The quantitative estimate of drug-likeness (QED) is 0.908. The van der Waals surface area contributed by atoms with Gasteiger partial charge in [-0.2, -0.15) is 0 Å². The number of rotatable bonds is 5. The first-order valence-corrected chi connectivity index (χ1v) is 8.75. The summed E-state index contributed by atoms with van der Waals surface area (Å²) in [5.41, 5.74) is 2.15. The van der Waals surface area contributed by atoms with Gasteiger partial charge in [-0.3, -0.25) is 9.59 Å². The Kier molecular flexibility index (Phi) is 4.99. The Morgan fingerprint density at radius 3 is 2.57 bits per heavy atom. The van der Waals surface area contributed by atoms with E-state index in [1.807, 2.05) is 36.1 Å². The fourth-order valence-corrected chi connectivity index (χ4v) is 3.70. The van der Waals surface area contributed by atoms with Gasteiger partial charge < -0.3 is 10.2 Å². The second-order valence-corrected chi connectivity index (χ2v) is 7.07. The van der Waals surface area contributed by atoms with Crippen molar-refractivity contribution in [2.24, 2.45) is 11.8 Å². The lowest BCUT2D eigenvalue weighted by molar-refractivity contribution is -0.122. The number of hydrogen-bond acceptors (Lipinski definition) is 2. The molecule has 2 aliphatic rings. The van der Waals surface area contributed by atoms with Crippen molar-refractivity contribution in [3.05, 3.63) is 29.8 Å². The van der Waals surface area contributed by atoms with E-state index in [1.54, 1.807) is 0 Å². The van der Waals surface area contributed by atoms with Crippen LogP contribution in [0.3, 0.4) is 0 Å². The third-order valence-corrected chi connectivity index (χ3v) is 5.09. The minimum atomic E-state index is 0.151. The lowest BCUT2D eigenvalue weighted by Gasteiger charge is -2.17. The Morgan fingerprint density at radius 1 is 1.17 bits per heavy atom. The van der Waals surface area contributed by atoms with Crippen molar-refractivity contribution in [1.82, 2.24) is 5.32 Å². The molecule has 23 heavy (non-hydrogen) atoms. The maximum atomic E-state index is 12.2. The van der Waals surface area contributed by atoms with E-state index in [9.17, 15) is 9.59 Å². The number of hydrogen-bond donors (Lipinski definition) is 1. The molecular weight excluding hydrogens is 288 g/mol. The van der Waals surface area contributed by atoms with Gasteiger partial charge in [0.2, 0.25) is 11.8 Å². The normalized spacial score (nSPS) is 21.9. The van der Waals surface area contributed by atoms with Crippen LogP contribution in [0.25, 0.3) is 0 Å². The summed E-state index contributed by atoms with van der Waals surface area (Å²) in [6.07, 6.45) is 6.09. The number of carbonyl (C=O) groups is 2. The Morgan fingerprint density at radius 2 is 1.87 bits per heavy atom. The molecule has 1 aromatic rings. The van der Waals surface area contributed by atoms with Crippen LogP contribution in [0.15, 0.2) is 24.3 Å². The van der Waals surface area contributed by atoms with Gasteiger partial charge in [0.05, 0.1) is 0 Å². The van der Waals surface area contributed by atoms with E-state index in [-0.39, 0.29) is 17.7 Å². The van der Waals surface area contributed by atoms with E-state index >= 15 is 0 Å². The lowest BCUT2D eigenvalue weighted by Crippen LogP contribution is -2.32. The summed E-state index contributed by atoms with van der Waals surface area (Å²) in [6, 6.07) is 8.04. The average Bonchev–Trinajstić information content (AvgIpc) is 3.16. The molecule has 1 aliphatic heterocycles. The van der Waals surface area contributed by atoms with E-state index in [2.05, 4.69) is 5.32 Å². The largest absolute Gasteiger partial charge is 0.356 e. The predicted octanol–water partition coefficient (Wildman–Crippen LogP) is 3.04. The number of nitrogens with one attached hydrogen (secondary N) is 1. The molecule has 2 fully saturated rings. The van der Waals surface area contributed by atoms with Crippen LogP contribution in [0, 0.1) is 18.8 Å². The number of anilines is 1. The Hall–Kier alpha value is -1.84. The minimum Gasteiger partial charge on any atom is -0.356 e. The molecule has 1 atom stereocenters. The highest BCUT2D eigenvalue weighted by Crippen LogP contribution is 2.28.